The van der Waals surface area contributed by atoms with Gasteiger partial charge in [-0.15, -0.1) is 0 Å². The van der Waals surface area contributed by atoms with E-state index in [2.05, 4.69) is 62.1 Å². The second-order valence-corrected chi connectivity index (χ2v) is 5.92. The molecular weight excluding hydrogens is 278 g/mol. The third-order valence-electron chi connectivity index (χ3n) is 3.44. The van der Waals surface area contributed by atoms with E-state index in [1.165, 1.54) is 4.90 Å². The van der Waals surface area contributed by atoms with Crippen molar-refractivity contribution in [1.29, 1.82) is 0 Å². The fraction of sp³-hybridized carbons (Fsp3) is 0.333. The lowest BCUT2D eigenvalue weighted by atomic mass is 10.3. The second kappa shape index (κ2) is 8.11. The van der Waals surface area contributed by atoms with Gasteiger partial charge in [-0.1, -0.05) is 55.9 Å². The van der Waals surface area contributed by atoms with Crippen LogP contribution in [0, 0.1) is 0 Å². The summed E-state index contributed by atoms with van der Waals surface area (Å²) in [4.78, 5) is 4.68. The Morgan fingerprint density at radius 3 is 2.24 bits per heavy atom. The molecule has 0 aliphatic carbocycles. The highest BCUT2D eigenvalue weighted by atomic mass is 32.2. The molecule has 21 heavy (non-hydrogen) atoms. The minimum Gasteiger partial charge on any atom is -0.474 e. The van der Waals surface area contributed by atoms with Gasteiger partial charge in [0.05, 0.1) is 4.90 Å². The zero-order valence-corrected chi connectivity index (χ0v) is 13.8. The first-order valence-electron chi connectivity index (χ1n) is 7.47. The SMILES string of the molecule is CCN(CC)C(C)Oc1ccccc1Sc1ccccc1. The summed E-state index contributed by atoms with van der Waals surface area (Å²) >= 11 is 1.74. The van der Waals surface area contributed by atoms with Crippen molar-refractivity contribution in [2.75, 3.05) is 13.1 Å². The number of rotatable bonds is 7. The lowest BCUT2D eigenvalue weighted by Gasteiger charge is -2.27. The molecule has 112 valence electrons. The van der Waals surface area contributed by atoms with Crippen LogP contribution < -0.4 is 4.74 Å². The maximum Gasteiger partial charge on any atom is 0.149 e. The van der Waals surface area contributed by atoms with Crippen LogP contribution in [-0.2, 0) is 0 Å². The first-order chi connectivity index (χ1) is 10.2. The number of hydrogen-bond donors (Lipinski definition) is 0. The van der Waals surface area contributed by atoms with Crippen LogP contribution in [0.4, 0.5) is 0 Å². The smallest absolute Gasteiger partial charge is 0.149 e. The summed E-state index contributed by atoms with van der Waals surface area (Å²) in [5.41, 5.74) is 0. The summed E-state index contributed by atoms with van der Waals surface area (Å²) < 4.78 is 6.17. The Morgan fingerprint density at radius 1 is 0.952 bits per heavy atom. The van der Waals surface area contributed by atoms with Crippen LogP contribution in [0.2, 0.25) is 0 Å². The van der Waals surface area contributed by atoms with Crippen molar-refractivity contribution in [3.63, 3.8) is 0 Å². The molecule has 0 bridgehead atoms. The third kappa shape index (κ3) is 4.51. The van der Waals surface area contributed by atoms with Gasteiger partial charge in [-0.2, -0.15) is 0 Å². The Kier molecular flexibility index (Phi) is 6.15. The van der Waals surface area contributed by atoms with E-state index in [1.807, 2.05) is 18.2 Å². The number of para-hydroxylation sites is 1. The number of hydrogen-bond acceptors (Lipinski definition) is 3. The molecule has 2 aromatic rings. The Hall–Kier alpha value is -1.45. The van der Waals surface area contributed by atoms with E-state index in [-0.39, 0.29) is 6.23 Å². The van der Waals surface area contributed by atoms with Gasteiger partial charge in [-0.25, -0.2) is 0 Å². The lowest BCUT2D eigenvalue weighted by Crippen LogP contribution is -2.36. The highest BCUT2D eigenvalue weighted by Crippen LogP contribution is 2.35. The Morgan fingerprint density at radius 2 is 1.57 bits per heavy atom. The van der Waals surface area contributed by atoms with Crippen LogP contribution in [0.3, 0.4) is 0 Å². The van der Waals surface area contributed by atoms with E-state index in [1.54, 1.807) is 11.8 Å². The Labute approximate surface area is 132 Å². The molecule has 0 saturated carbocycles. The number of benzene rings is 2. The maximum atomic E-state index is 6.17. The van der Waals surface area contributed by atoms with Gasteiger partial charge in [-0.3, -0.25) is 4.90 Å². The molecule has 0 saturated heterocycles. The highest BCUT2D eigenvalue weighted by Gasteiger charge is 2.13. The first kappa shape index (κ1) is 15.9. The van der Waals surface area contributed by atoms with E-state index >= 15 is 0 Å². The molecule has 0 heterocycles. The Bertz CT molecular complexity index is 540. The monoisotopic (exact) mass is 301 g/mol. The van der Waals surface area contributed by atoms with Crippen LogP contribution in [-0.4, -0.2) is 24.2 Å². The summed E-state index contributed by atoms with van der Waals surface area (Å²) in [5.74, 6) is 0.950. The molecule has 1 atom stereocenters. The van der Waals surface area contributed by atoms with E-state index in [9.17, 15) is 0 Å². The van der Waals surface area contributed by atoms with Crippen molar-refractivity contribution in [2.24, 2.45) is 0 Å². The van der Waals surface area contributed by atoms with Gasteiger partial charge in [0.2, 0.25) is 0 Å². The van der Waals surface area contributed by atoms with Crippen LogP contribution in [0.25, 0.3) is 0 Å². The quantitative estimate of drug-likeness (QED) is 0.675. The van der Waals surface area contributed by atoms with Gasteiger partial charge in [0, 0.05) is 4.90 Å². The summed E-state index contributed by atoms with van der Waals surface area (Å²) in [5, 5.41) is 0. The second-order valence-electron chi connectivity index (χ2n) is 4.80. The van der Waals surface area contributed by atoms with E-state index in [0.717, 1.165) is 23.7 Å². The lowest BCUT2D eigenvalue weighted by molar-refractivity contribution is 0.0458. The highest BCUT2D eigenvalue weighted by molar-refractivity contribution is 7.99. The van der Waals surface area contributed by atoms with Crippen molar-refractivity contribution >= 4 is 11.8 Å². The topological polar surface area (TPSA) is 12.5 Å². The summed E-state index contributed by atoms with van der Waals surface area (Å²) in [6, 6.07) is 18.6. The van der Waals surface area contributed by atoms with Gasteiger partial charge < -0.3 is 4.74 Å². The van der Waals surface area contributed by atoms with Gasteiger partial charge in [0.25, 0.3) is 0 Å². The fourth-order valence-electron chi connectivity index (χ4n) is 2.24. The van der Waals surface area contributed by atoms with Crippen molar-refractivity contribution in [3.8, 4) is 5.75 Å². The number of nitrogens with zero attached hydrogens (tertiary/aromatic N) is 1. The fourth-order valence-corrected chi connectivity index (χ4v) is 3.15. The van der Waals surface area contributed by atoms with Crippen LogP contribution in [0.1, 0.15) is 20.8 Å². The summed E-state index contributed by atoms with van der Waals surface area (Å²) in [6.07, 6.45) is 0.0810. The molecule has 2 aromatic carbocycles. The first-order valence-corrected chi connectivity index (χ1v) is 8.28. The minimum absolute atomic E-state index is 0.0810. The molecule has 0 aliphatic heterocycles. The molecule has 0 aromatic heterocycles. The molecule has 0 amide bonds. The number of ether oxygens (including phenoxy) is 1. The zero-order chi connectivity index (χ0) is 15.1. The molecule has 0 fully saturated rings. The van der Waals surface area contributed by atoms with Crippen molar-refractivity contribution < 1.29 is 4.74 Å². The standard InChI is InChI=1S/C18H23NOS/c1-4-19(5-2)15(3)20-17-13-9-10-14-18(17)21-16-11-7-6-8-12-16/h6-15H,4-5H2,1-3H3. The maximum absolute atomic E-state index is 6.17. The van der Waals surface area contributed by atoms with E-state index in [4.69, 9.17) is 4.74 Å². The Balaban J connectivity index is 2.13. The molecule has 0 radical (unpaired) electrons. The molecule has 0 N–H and O–H groups in total. The van der Waals surface area contributed by atoms with Crippen molar-refractivity contribution in [2.45, 2.75) is 36.8 Å². The summed E-state index contributed by atoms with van der Waals surface area (Å²) in [6.45, 7) is 8.41. The van der Waals surface area contributed by atoms with Crippen molar-refractivity contribution in [3.05, 3.63) is 54.6 Å². The van der Waals surface area contributed by atoms with E-state index < -0.39 is 0 Å². The molecule has 2 nitrogen and oxygen atoms in total. The van der Waals surface area contributed by atoms with Crippen molar-refractivity contribution in [1.82, 2.24) is 4.90 Å². The molecular formula is C18H23NOS. The van der Waals surface area contributed by atoms with E-state index in [0.29, 0.717) is 0 Å². The third-order valence-corrected chi connectivity index (χ3v) is 4.51. The van der Waals surface area contributed by atoms with Crippen LogP contribution in [0.5, 0.6) is 5.75 Å². The average Bonchev–Trinajstić information content (AvgIpc) is 2.51. The molecule has 2 rings (SSSR count). The van der Waals surface area contributed by atoms with Crippen LogP contribution >= 0.6 is 11.8 Å². The predicted molar refractivity (Wildman–Crippen MR) is 90.0 cm³/mol. The van der Waals surface area contributed by atoms with Gasteiger partial charge in [0.1, 0.15) is 12.0 Å². The average molecular weight is 301 g/mol. The molecule has 3 heteroatoms. The zero-order valence-electron chi connectivity index (χ0n) is 13.0. The minimum atomic E-state index is 0.0810. The summed E-state index contributed by atoms with van der Waals surface area (Å²) in [7, 11) is 0. The van der Waals surface area contributed by atoms with Gasteiger partial charge in [-0.05, 0) is 44.3 Å². The molecule has 1 unspecified atom stereocenters. The van der Waals surface area contributed by atoms with Gasteiger partial charge >= 0.3 is 0 Å². The largest absolute Gasteiger partial charge is 0.474 e. The van der Waals surface area contributed by atoms with Gasteiger partial charge in [0.15, 0.2) is 0 Å². The molecule has 0 aliphatic rings. The normalized spacial score (nSPS) is 12.4. The van der Waals surface area contributed by atoms with Crippen LogP contribution in [0.15, 0.2) is 64.4 Å². The predicted octanol–water partition coefficient (Wildman–Crippen LogP) is 4.90. The molecule has 0 spiro atoms.